The molecule has 0 radical (unpaired) electrons. The third-order valence-corrected chi connectivity index (χ3v) is 4.91. The molecule has 2 aliphatic rings. The Kier molecular flexibility index (Phi) is 4.00. The van der Waals surface area contributed by atoms with Gasteiger partial charge in [0.1, 0.15) is 5.58 Å². The third-order valence-electron chi connectivity index (χ3n) is 4.91. The molecule has 0 atom stereocenters. The first-order valence-electron chi connectivity index (χ1n) is 8.77. The van der Waals surface area contributed by atoms with Gasteiger partial charge < -0.3 is 15.1 Å². The summed E-state index contributed by atoms with van der Waals surface area (Å²) >= 11 is 0. The maximum Gasteiger partial charge on any atom is 0.224 e. The number of hydrogen-bond acceptors (Lipinski definition) is 3. The summed E-state index contributed by atoms with van der Waals surface area (Å²) in [6, 6.07) is 4.30. The van der Waals surface area contributed by atoms with Crippen LogP contribution < -0.4 is 10.6 Å². The highest BCUT2D eigenvalue weighted by molar-refractivity contribution is 5.88. The monoisotopic (exact) mass is 326 g/mol. The number of furan rings is 1. The molecule has 24 heavy (non-hydrogen) atoms. The molecule has 1 fully saturated rings. The molecule has 5 nitrogen and oxygen atoms in total. The normalized spacial score (nSPS) is 16.2. The number of aryl methyl sites for hydroxylation is 2. The van der Waals surface area contributed by atoms with E-state index in [1.165, 1.54) is 17.5 Å². The van der Waals surface area contributed by atoms with Gasteiger partial charge in [-0.05, 0) is 55.4 Å². The second-order valence-corrected chi connectivity index (χ2v) is 6.82. The van der Waals surface area contributed by atoms with E-state index in [4.69, 9.17) is 4.42 Å². The maximum atomic E-state index is 12.1. The quantitative estimate of drug-likeness (QED) is 0.799. The maximum absolute atomic E-state index is 12.1. The minimum Gasteiger partial charge on any atom is -0.464 e. The molecule has 1 heterocycles. The zero-order chi connectivity index (χ0) is 16.5. The summed E-state index contributed by atoms with van der Waals surface area (Å²) in [7, 11) is 0. The number of carbonyl (C=O) groups is 2. The molecule has 2 aromatic rings. The van der Waals surface area contributed by atoms with Crippen molar-refractivity contribution in [2.24, 2.45) is 5.92 Å². The van der Waals surface area contributed by atoms with Gasteiger partial charge in [-0.25, -0.2) is 0 Å². The van der Waals surface area contributed by atoms with Gasteiger partial charge in [-0.3, -0.25) is 9.59 Å². The van der Waals surface area contributed by atoms with Crippen molar-refractivity contribution >= 4 is 22.8 Å². The summed E-state index contributed by atoms with van der Waals surface area (Å²) in [6.45, 7) is 0.948. The smallest absolute Gasteiger partial charge is 0.224 e. The minimum atomic E-state index is -0.0427. The Morgan fingerprint density at radius 1 is 1.08 bits per heavy atom. The molecule has 2 N–H and O–H groups in total. The van der Waals surface area contributed by atoms with Crippen LogP contribution in [0, 0.1) is 5.92 Å². The van der Waals surface area contributed by atoms with Gasteiger partial charge in [0.2, 0.25) is 11.8 Å². The van der Waals surface area contributed by atoms with E-state index < -0.39 is 0 Å². The highest BCUT2D eigenvalue weighted by Crippen LogP contribution is 2.30. The van der Waals surface area contributed by atoms with Gasteiger partial charge in [-0.2, -0.15) is 0 Å². The molecular weight excluding hydrogens is 304 g/mol. The van der Waals surface area contributed by atoms with Crippen LogP contribution in [-0.4, -0.2) is 24.9 Å². The lowest BCUT2D eigenvalue weighted by molar-refractivity contribution is -0.123. The molecule has 1 aromatic carbocycles. The van der Waals surface area contributed by atoms with E-state index in [0.717, 1.165) is 42.2 Å². The molecule has 0 bridgehead atoms. The van der Waals surface area contributed by atoms with Gasteiger partial charge in [0.15, 0.2) is 0 Å². The van der Waals surface area contributed by atoms with Crippen LogP contribution in [0.5, 0.6) is 0 Å². The molecule has 1 saturated carbocycles. The fourth-order valence-corrected chi connectivity index (χ4v) is 3.40. The number of fused-ring (bicyclic) bond motifs is 2. The average Bonchev–Trinajstić information content (AvgIpc) is 3.22. The number of amides is 2. The SMILES string of the molecule is O=C(Cc1coc2cc3c(cc12)CCC3)NCCNC(=O)C1CC1. The van der Waals surface area contributed by atoms with Crippen molar-refractivity contribution in [1.82, 2.24) is 10.6 Å². The summed E-state index contributed by atoms with van der Waals surface area (Å²) in [5.74, 6) is 0.275. The Morgan fingerprint density at radius 3 is 2.62 bits per heavy atom. The van der Waals surface area contributed by atoms with Gasteiger partial charge in [0.05, 0.1) is 12.7 Å². The molecule has 5 heteroatoms. The highest BCUT2D eigenvalue weighted by Gasteiger charge is 2.29. The second kappa shape index (κ2) is 6.30. The number of nitrogens with one attached hydrogen (secondary N) is 2. The predicted octanol–water partition coefficient (Wildman–Crippen LogP) is 2.11. The lowest BCUT2D eigenvalue weighted by Gasteiger charge is -2.06. The van der Waals surface area contributed by atoms with Crippen LogP contribution in [0.2, 0.25) is 0 Å². The van der Waals surface area contributed by atoms with Crippen LogP contribution in [0.15, 0.2) is 22.8 Å². The Bertz CT molecular complexity index is 789. The number of rotatable bonds is 6. The summed E-state index contributed by atoms with van der Waals surface area (Å²) in [6.07, 6.45) is 7.42. The lowest BCUT2D eigenvalue weighted by Crippen LogP contribution is -2.35. The first-order valence-corrected chi connectivity index (χ1v) is 8.77. The number of carbonyl (C=O) groups excluding carboxylic acids is 2. The molecule has 0 saturated heterocycles. The molecule has 1 aromatic heterocycles. The minimum absolute atomic E-state index is 0.0427. The van der Waals surface area contributed by atoms with Crippen LogP contribution in [0.25, 0.3) is 11.0 Å². The van der Waals surface area contributed by atoms with Crippen LogP contribution in [0.1, 0.15) is 36.0 Å². The highest BCUT2D eigenvalue weighted by atomic mass is 16.3. The van der Waals surface area contributed by atoms with Crippen LogP contribution in [-0.2, 0) is 28.9 Å². The molecule has 2 aliphatic carbocycles. The largest absolute Gasteiger partial charge is 0.464 e. The van der Waals surface area contributed by atoms with Crippen molar-refractivity contribution in [1.29, 1.82) is 0 Å². The Labute approximate surface area is 140 Å². The van der Waals surface area contributed by atoms with Gasteiger partial charge >= 0.3 is 0 Å². The van der Waals surface area contributed by atoms with E-state index in [0.29, 0.717) is 19.5 Å². The predicted molar refractivity (Wildman–Crippen MR) is 90.7 cm³/mol. The van der Waals surface area contributed by atoms with Crippen molar-refractivity contribution in [2.75, 3.05) is 13.1 Å². The van der Waals surface area contributed by atoms with E-state index in [1.54, 1.807) is 6.26 Å². The molecule has 126 valence electrons. The summed E-state index contributed by atoms with van der Waals surface area (Å²) in [5.41, 5.74) is 4.56. The zero-order valence-electron chi connectivity index (χ0n) is 13.7. The molecule has 0 aliphatic heterocycles. The van der Waals surface area contributed by atoms with Crippen LogP contribution >= 0.6 is 0 Å². The van der Waals surface area contributed by atoms with E-state index in [2.05, 4.69) is 22.8 Å². The van der Waals surface area contributed by atoms with Crippen molar-refractivity contribution in [2.45, 2.75) is 38.5 Å². The van der Waals surface area contributed by atoms with Gasteiger partial charge in [-0.1, -0.05) is 0 Å². The topological polar surface area (TPSA) is 71.3 Å². The number of hydrogen-bond donors (Lipinski definition) is 2. The average molecular weight is 326 g/mol. The summed E-state index contributed by atoms with van der Waals surface area (Å²) < 4.78 is 5.63. The summed E-state index contributed by atoms with van der Waals surface area (Å²) in [5, 5.41) is 6.75. The third kappa shape index (κ3) is 3.16. The molecular formula is C19H22N2O3. The standard InChI is InChI=1S/C19H22N2O3/c22-18(20-6-7-21-19(23)12-4-5-12)10-15-11-24-17-9-14-3-1-2-13(14)8-16(15)17/h8-9,11-12H,1-7,10H2,(H,20,22)(H,21,23). The van der Waals surface area contributed by atoms with E-state index in [1.807, 2.05) is 0 Å². The van der Waals surface area contributed by atoms with Crippen molar-refractivity contribution in [3.63, 3.8) is 0 Å². The Balaban J connectivity index is 1.32. The van der Waals surface area contributed by atoms with Gasteiger partial charge in [-0.15, -0.1) is 0 Å². The second-order valence-electron chi connectivity index (χ2n) is 6.82. The first-order chi connectivity index (χ1) is 11.7. The fraction of sp³-hybridized carbons (Fsp3) is 0.474. The van der Waals surface area contributed by atoms with Crippen molar-refractivity contribution in [3.8, 4) is 0 Å². The molecule has 0 spiro atoms. The fourth-order valence-electron chi connectivity index (χ4n) is 3.40. The van der Waals surface area contributed by atoms with Crippen LogP contribution in [0.4, 0.5) is 0 Å². The Hall–Kier alpha value is -2.30. The van der Waals surface area contributed by atoms with E-state index >= 15 is 0 Å². The Morgan fingerprint density at radius 2 is 1.83 bits per heavy atom. The first kappa shape index (κ1) is 15.2. The van der Waals surface area contributed by atoms with E-state index in [-0.39, 0.29) is 17.7 Å². The lowest BCUT2D eigenvalue weighted by atomic mass is 10.0. The van der Waals surface area contributed by atoms with Crippen LogP contribution in [0.3, 0.4) is 0 Å². The molecule has 0 unspecified atom stereocenters. The molecule has 2 amide bonds. The molecule has 4 rings (SSSR count). The van der Waals surface area contributed by atoms with E-state index in [9.17, 15) is 9.59 Å². The number of benzene rings is 1. The van der Waals surface area contributed by atoms with Gasteiger partial charge in [0.25, 0.3) is 0 Å². The summed E-state index contributed by atoms with van der Waals surface area (Å²) in [4.78, 5) is 23.6. The van der Waals surface area contributed by atoms with Crippen molar-refractivity contribution in [3.05, 3.63) is 35.1 Å². The van der Waals surface area contributed by atoms with Gasteiger partial charge in [0, 0.05) is 30.0 Å². The van der Waals surface area contributed by atoms with Crippen molar-refractivity contribution < 1.29 is 14.0 Å². The zero-order valence-corrected chi connectivity index (χ0v) is 13.7.